The van der Waals surface area contributed by atoms with Crippen molar-refractivity contribution in [1.82, 2.24) is 0 Å². The molecule has 0 rings (SSSR count). The Morgan fingerprint density at radius 1 is 0.360 bits per heavy atom. The van der Waals surface area contributed by atoms with E-state index in [2.05, 4.69) is 83.1 Å². The maximum absolute atomic E-state index is 2.20. The van der Waals surface area contributed by atoms with E-state index >= 15 is 0 Å². The maximum Gasteiger partial charge on any atom is 4.00 e. The molecule has 0 aliphatic carbocycles. The Balaban J connectivity index is -0.0000000702. The van der Waals surface area contributed by atoms with Crippen molar-refractivity contribution < 1.29 is 26.2 Å². The molecule has 0 heterocycles. The Kier molecular flexibility index (Phi) is 47.8. The van der Waals surface area contributed by atoms with E-state index in [4.69, 9.17) is 0 Å². The van der Waals surface area contributed by atoms with Crippen molar-refractivity contribution in [3.63, 3.8) is 0 Å². The number of hydrogen-bond donors (Lipinski definition) is 0. The van der Waals surface area contributed by atoms with Crippen LogP contribution in [0.3, 0.4) is 0 Å². The third-order valence-corrected chi connectivity index (χ3v) is 3.00. The molecule has 0 N–H and O–H groups in total. The van der Waals surface area contributed by atoms with Gasteiger partial charge in [-0.25, -0.2) is 0 Å². The predicted octanol–water partition coefficient (Wildman–Crippen LogP) is 9.60. The Labute approximate surface area is 183 Å². The largest absolute Gasteiger partial charge is 4.00 e. The minimum atomic E-state index is 0. The quantitative estimate of drug-likeness (QED) is 0.335. The molecule has 0 fully saturated rings. The zero-order chi connectivity index (χ0) is 20.0. The zero-order valence-corrected chi connectivity index (χ0v) is 22.6. The first-order chi connectivity index (χ1) is 11.1. The molecule has 0 aliphatic rings. The van der Waals surface area contributed by atoms with Crippen LogP contribution in [0.5, 0.6) is 0 Å². The van der Waals surface area contributed by atoms with E-state index in [1.807, 2.05) is 0 Å². The molecular weight excluding hydrogens is 379 g/mol. The van der Waals surface area contributed by atoms with Crippen LogP contribution in [0.25, 0.3) is 0 Å². The van der Waals surface area contributed by atoms with Gasteiger partial charge in [-0.1, -0.05) is 53.4 Å². The molecule has 0 spiro atoms. The van der Waals surface area contributed by atoms with Gasteiger partial charge in [-0.2, -0.15) is 81.1 Å². The first-order valence-corrected chi connectivity index (χ1v) is 10.2. The van der Waals surface area contributed by atoms with Gasteiger partial charge in [0.1, 0.15) is 0 Å². The Morgan fingerprint density at radius 2 is 0.480 bits per heavy atom. The van der Waals surface area contributed by atoms with Crippen LogP contribution >= 0.6 is 0 Å². The Bertz CT molecular complexity index is 131. The van der Waals surface area contributed by atoms with Gasteiger partial charge in [0.2, 0.25) is 0 Å². The zero-order valence-electron chi connectivity index (χ0n) is 20.2. The molecule has 0 radical (unpaired) electrons. The van der Waals surface area contributed by atoms with Gasteiger partial charge in [0.05, 0.1) is 0 Å². The van der Waals surface area contributed by atoms with E-state index in [1.165, 1.54) is 75.0 Å². The molecule has 0 aromatic rings. The molecule has 152 valence electrons. The summed E-state index contributed by atoms with van der Waals surface area (Å²) in [6.07, 6.45) is 10.3. The van der Waals surface area contributed by atoms with Crippen molar-refractivity contribution in [2.75, 3.05) is 0 Å². The molecule has 0 saturated carbocycles. The molecule has 0 aromatic heterocycles. The summed E-state index contributed by atoms with van der Waals surface area (Å²) in [5.41, 5.74) is 0. The Morgan fingerprint density at radius 3 is 0.480 bits per heavy atom. The average Bonchev–Trinajstić information content (AvgIpc) is 2.39. The van der Waals surface area contributed by atoms with Crippen molar-refractivity contribution in [3.8, 4) is 0 Å². The molecular formula is C24H52Zr. The van der Waals surface area contributed by atoms with Gasteiger partial charge < -0.3 is 23.7 Å². The molecule has 0 amide bonds. The van der Waals surface area contributed by atoms with E-state index in [0.29, 0.717) is 0 Å². The van der Waals surface area contributed by atoms with E-state index in [-0.39, 0.29) is 26.2 Å². The van der Waals surface area contributed by atoms with Crippen molar-refractivity contribution in [2.45, 2.75) is 134 Å². The van der Waals surface area contributed by atoms with Crippen molar-refractivity contribution in [2.24, 2.45) is 0 Å². The van der Waals surface area contributed by atoms with Gasteiger partial charge in [-0.15, -0.1) is 0 Å². The minimum Gasteiger partial charge on any atom is -0.320 e. The van der Waals surface area contributed by atoms with E-state index < -0.39 is 0 Å². The SMILES string of the molecule is CCC[C-](C)C.CCC[C-](C)C.CCC[C-](C)C.CCC[C-](C)C.[Zr+4]. The van der Waals surface area contributed by atoms with E-state index in [1.54, 1.807) is 0 Å². The molecule has 25 heavy (non-hydrogen) atoms. The van der Waals surface area contributed by atoms with Crippen LogP contribution in [0.1, 0.15) is 134 Å². The molecule has 0 bridgehead atoms. The second-order valence-corrected chi connectivity index (χ2v) is 7.83. The van der Waals surface area contributed by atoms with Crippen LogP contribution in [-0.4, -0.2) is 0 Å². The predicted molar refractivity (Wildman–Crippen MR) is 118 cm³/mol. The average molecular weight is 432 g/mol. The van der Waals surface area contributed by atoms with Crippen molar-refractivity contribution >= 4 is 0 Å². The fourth-order valence-electron chi connectivity index (χ4n) is 2.00. The molecule has 0 aromatic carbocycles. The first-order valence-electron chi connectivity index (χ1n) is 10.2. The molecule has 0 aliphatic heterocycles. The van der Waals surface area contributed by atoms with Crippen LogP contribution in [-0.2, 0) is 26.2 Å². The van der Waals surface area contributed by atoms with Gasteiger partial charge in [0.15, 0.2) is 0 Å². The summed E-state index contributed by atoms with van der Waals surface area (Å²) in [7, 11) is 0. The van der Waals surface area contributed by atoms with Gasteiger partial charge in [-0.05, 0) is 0 Å². The summed E-state index contributed by atoms with van der Waals surface area (Å²) in [6, 6.07) is 0. The summed E-state index contributed by atoms with van der Waals surface area (Å²) in [6.45, 7) is 26.2. The third-order valence-electron chi connectivity index (χ3n) is 3.00. The van der Waals surface area contributed by atoms with Crippen molar-refractivity contribution in [1.29, 1.82) is 0 Å². The van der Waals surface area contributed by atoms with Crippen LogP contribution in [0.2, 0.25) is 0 Å². The summed E-state index contributed by atoms with van der Waals surface area (Å²) in [4.78, 5) is 0. The number of rotatable bonds is 8. The van der Waals surface area contributed by atoms with Crippen molar-refractivity contribution in [3.05, 3.63) is 23.7 Å². The van der Waals surface area contributed by atoms with Crippen LogP contribution < -0.4 is 0 Å². The second kappa shape index (κ2) is 32.5. The van der Waals surface area contributed by atoms with Crippen LogP contribution in [0, 0.1) is 23.7 Å². The monoisotopic (exact) mass is 430 g/mol. The Hall–Kier alpha value is 0.883. The fraction of sp³-hybridized carbons (Fsp3) is 0.833. The van der Waals surface area contributed by atoms with E-state index in [0.717, 1.165) is 0 Å². The molecule has 0 atom stereocenters. The number of hydrogen-bond acceptors (Lipinski definition) is 0. The van der Waals surface area contributed by atoms with Gasteiger partial charge in [0.25, 0.3) is 0 Å². The maximum atomic E-state index is 2.20. The molecule has 0 nitrogen and oxygen atoms in total. The second-order valence-electron chi connectivity index (χ2n) is 7.83. The smallest absolute Gasteiger partial charge is 0.320 e. The minimum absolute atomic E-state index is 0. The summed E-state index contributed by atoms with van der Waals surface area (Å²) >= 11 is 0. The fourth-order valence-corrected chi connectivity index (χ4v) is 2.00. The van der Waals surface area contributed by atoms with E-state index in [9.17, 15) is 0 Å². The van der Waals surface area contributed by atoms with Crippen LogP contribution in [0.15, 0.2) is 0 Å². The summed E-state index contributed by atoms with van der Waals surface area (Å²) in [5, 5.41) is 0. The normalized spacial score (nSPS) is 9.60. The first kappa shape index (κ1) is 36.7. The topological polar surface area (TPSA) is 0 Å². The molecule has 0 unspecified atom stereocenters. The van der Waals surface area contributed by atoms with Gasteiger partial charge >= 0.3 is 26.2 Å². The summed E-state index contributed by atoms with van der Waals surface area (Å²) < 4.78 is 0. The standard InChI is InChI=1S/4C6H13.Zr/c4*1-4-5-6(2)3;/h4*4-5H2,1-3H3;/q4*-1;+4. The summed E-state index contributed by atoms with van der Waals surface area (Å²) in [5.74, 6) is 6.16. The third kappa shape index (κ3) is 78.5. The van der Waals surface area contributed by atoms with Gasteiger partial charge in [0, 0.05) is 0 Å². The molecule has 0 saturated heterocycles. The molecule has 1 heteroatoms. The van der Waals surface area contributed by atoms with Crippen LogP contribution in [0.4, 0.5) is 0 Å². The van der Waals surface area contributed by atoms with Gasteiger partial charge in [-0.3, -0.25) is 0 Å².